The number of carbonyl (C=O) groups is 1. The summed E-state index contributed by atoms with van der Waals surface area (Å²) in [5.41, 5.74) is -0.669. The van der Waals surface area contributed by atoms with Crippen LogP contribution in [-0.4, -0.2) is 35.1 Å². The SMILES string of the molecule is CCCC(C)(C(=O)O)N(C)CC1CC1. The minimum absolute atomic E-state index is 0.669. The molecule has 0 aromatic rings. The van der Waals surface area contributed by atoms with E-state index >= 15 is 0 Å². The summed E-state index contributed by atoms with van der Waals surface area (Å²) in [6, 6.07) is 0. The van der Waals surface area contributed by atoms with Gasteiger partial charge in [0.1, 0.15) is 5.54 Å². The predicted octanol–water partition coefficient (Wildman–Crippen LogP) is 1.97. The average Bonchev–Trinajstić information content (AvgIpc) is 2.88. The Morgan fingerprint density at radius 3 is 2.50 bits per heavy atom. The summed E-state index contributed by atoms with van der Waals surface area (Å²) in [7, 11) is 1.93. The van der Waals surface area contributed by atoms with Crippen molar-refractivity contribution < 1.29 is 9.90 Å². The van der Waals surface area contributed by atoms with Gasteiger partial charge in [0, 0.05) is 6.54 Å². The van der Waals surface area contributed by atoms with Crippen molar-refractivity contribution in [2.24, 2.45) is 5.92 Å². The van der Waals surface area contributed by atoms with Crippen LogP contribution in [0.25, 0.3) is 0 Å². The second-order valence-corrected chi connectivity index (χ2v) is 4.65. The van der Waals surface area contributed by atoms with Crippen molar-refractivity contribution >= 4 is 5.97 Å². The third-order valence-corrected chi connectivity index (χ3v) is 3.27. The molecule has 1 unspecified atom stereocenters. The topological polar surface area (TPSA) is 40.5 Å². The maximum atomic E-state index is 11.2. The van der Waals surface area contributed by atoms with E-state index in [2.05, 4.69) is 0 Å². The summed E-state index contributed by atoms with van der Waals surface area (Å²) in [6.07, 6.45) is 4.18. The summed E-state index contributed by atoms with van der Waals surface area (Å²) in [5.74, 6) is 0.0537. The first-order chi connectivity index (χ1) is 6.50. The van der Waals surface area contributed by atoms with Gasteiger partial charge in [-0.2, -0.15) is 0 Å². The van der Waals surface area contributed by atoms with Crippen LogP contribution < -0.4 is 0 Å². The lowest BCUT2D eigenvalue weighted by molar-refractivity contribution is -0.150. The van der Waals surface area contributed by atoms with Gasteiger partial charge < -0.3 is 5.11 Å². The summed E-state index contributed by atoms with van der Waals surface area (Å²) in [6.45, 7) is 4.80. The fourth-order valence-electron chi connectivity index (χ4n) is 1.84. The van der Waals surface area contributed by atoms with Gasteiger partial charge in [-0.1, -0.05) is 13.3 Å². The van der Waals surface area contributed by atoms with Gasteiger partial charge in [0.15, 0.2) is 0 Å². The molecule has 3 heteroatoms. The number of carboxylic acids is 1. The Kier molecular flexibility index (Phi) is 3.53. The average molecular weight is 199 g/mol. The number of rotatable bonds is 6. The van der Waals surface area contributed by atoms with Crippen molar-refractivity contribution in [1.82, 2.24) is 4.90 Å². The van der Waals surface area contributed by atoms with Gasteiger partial charge in [-0.15, -0.1) is 0 Å². The quantitative estimate of drug-likeness (QED) is 0.711. The monoisotopic (exact) mass is 199 g/mol. The van der Waals surface area contributed by atoms with Crippen molar-refractivity contribution in [2.75, 3.05) is 13.6 Å². The highest BCUT2D eigenvalue weighted by Crippen LogP contribution is 2.32. The molecular formula is C11H21NO2. The van der Waals surface area contributed by atoms with Crippen molar-refractivity contribution in [1.29, 1.82) is 0 Å². The Balaban J connectivity index is 2.58. The Labute approximate surface area is 86.1 Å². The first-order valence-corrected chi connectivity index (χ1v) is 5.45. The second kappa shape index (κ2) is 4.30. The molecule has 0 amide bonds. The van der Waals surface area contributed by atoms with Crippen LogP contribution in [0.15, 0.2) is 0 Å². The molecule has 0 bridgehead atoms. The number of carboxylic acid groups (broad SMARTS) is 1. The minimum Gasteiger partial charge on any atom is -0.480 e. The van der Waals surface area contributed by atoms with Crippen LogP contribution in [0.2, 0.25) is 0 Å². The van der Waals surface area contributed by atoms with Gasteiger partial charge in [-0.25, -0.2) is 0 Å². The molecule has 82 valence electrons. The van der Waals surface area contributed by atoms with Crippen LogP contribution in [0.1, 0.15) is 39.5 Å². The van der Waals surface area contributed by atoms with Crippen LogP contribution in [0.4, 0.5) is 0 Å². The van der Waals surface area contributed by atoms with E-state index in [-0.39, 0.29) is 0 Å². The van der Waals surface area contributed by atoms with E-state index in [0.29, 0.717) is 0 Å². The van der Waals surface area contributed by atoms with E-state index in [4.69, 9.17) is 0 Å². The second-order valence-electron chi connectivity index (χ2n) is 4.65. The van der Waals surface area contributed by atoms with E-state index in [1.54, 1.807) is 0 Å². The molecule has 0 spiro atoms. The van der Waals surface area contributed by atoms with Gasteiger partial charge in [0.2, 0.25) is 0 Å². The molecule has 3 nitrogen and oxygen atoms in total. The first kappa shape index (κ1) is 11.5. The summed E-state index contributed by atoms with van der Waals surface area (Å²) < 4.78 is 0. The zero-order chi connectivity index (χ0) is 10.8. The number of aliphatic carboxylic acids is 1. The molecule has 0 aliphatic heterocycles. The summed E-state index contributed by atoms with van der Waals surface area (Å²) in [5, 5.41) is 9.23. The molecule has 1 aliphatic carbocycles. The lowest BCUT2D eigenvalue weighted by atomic mass is 9.94. The Bertz CT molecular complexity index is 213. The standard InChI is InChI=1S/C11H21NO2/c1-4-7-11(2,10(13)14)12(3)8-9-5-6-9/h9H,4-8H2,1-3H3,(H,13,14). The number of likely N-dealkylation sites (N-methyl/N-ethyl adjacent to an activating group) is 1. The van der Waals surface area contributed by atoms with E-state index in [1.165, 1.54) is 12.8 Å². The fraction of sp³-hybridized carbons (Fsp3) is 0.909. The lowest BCUT2D eigenvalue weighted by Crippen LogP contribution is -2.51. The molecule has 1 rings (SSSR count). The predicted molar refractivity (Wildman–Crippen MR) is 56.3 cm³/mol. The molecule has 1 fully saturated rings. The maximum absolute atomic E-state index is 11.2. The van der Waals surface area contributed by atoms with Gasteiger partial charge in [-0.3, -0.25) is 9.69 Å². The molecule has 0 aromatic carbocycles. The van der Waals surface area contributed by atoms with Gasteiger partial charge in [-0.05, 0) is 39.2 Å². The highest BCUT2D eigenvalue weighted by Gasteiger charge is 2.38. The van der Waals surface area contributed by atoms with E-state index < -0.39 is 11.5 Å². The first-order valence-electron chi connectivity index (χ1n) is 5.45. The minimum atomic E-state index is -0.692. The third-order valence-electron chi connectivity index (χ3n) is 3.27. The Morgan fingerprint density at radius 1 is 1.57 bits per heavy atom. The molecular weight excluding hydrogens is 178 g/mol. The molecule has 1 saturated carbocycles. The molecule has 0 aromatic heterocycles. The zero-order valence-electron chi connectivity index (χ0n) is 9.42. The molecule has 1 aliphatic rings. The van der Waals surface area contributed by atoms with Crippen molar-refractivity contribution in [3.8, 4) is 0 Å². The number of nitrogens with zero attached hydrogens (tertiary/aromatic N) is 1. The maximum Gasteiger partial charge on any atom is 0.323 e. The molecule has 0 radical (unpaired) electrons. The van der Waals surface area contributed by atoms with Gasteiger partial charge >= 0.3 is 5.97 Å². The van der Waals surface area contributed by atoms with Crippen LogP contribution >= 0.6 is 0 Å². The third kappa shape index (κ3) is 2.47. The molecule has 0 saturated heterocycles. The fourth-order valence-corrected chi connectivity index (χ4v) is 1.84. The largest absolute Gasteiger partial charge is 0.480 e. The van der Waals surface area contributed by atoms with Crippen molar-refractivity contribution in [2.45, 2.75) is 45.1 Å². The highest BCUT2D eigenvalue weighted by atomic mass is 16.4. The lowest BCUT2D eigenvalue weighted by Gasteiger charge is -2.35. The van der Waals surface area contributed by atoms with Crippen LogP contribution in [0, 0.1) is 5.92 Å². The number of hydrogen-bond acceptors (Lipinski definition) is 2. The normalized spacial score (nSPS) is 20.9. The van der Waals surface area contributed by atoms with Crippen LogP contribution in [0.3, 0.4) is 0 Å². The molecule has 1 N–H and O–H groups in total. The van der Waals surface area contributed by atoms with Gasteiger partial charge in [0.25, 0.3) is 0 Å². The summed E-state index contributed by atoms with van der Waals surface area (Å²) >= 11 is 0. The molecule has 1 atom stereocenters. The Hall–Kier alpha value is -0.570. The molecule has 14 heavy (non-hydrogen) atoms. The zero-order valence-corrected chi connectivity index (χ0v) is 9.42. The highest BCUT2D eigenvalue weighted by molar-refractivity contribution is 5.78. The summed E-state index contributed by atoms with van der Waals surface area (Å²) in [4.78, 5) is 13.2. The van der Waals surface area contributed by atoms with Crippen molar-refractivity contribution in [3.05, 3.63) is 0 Å². The van der Waals surface area contributed by atoms with E-state index in [9.17, 15) is 9.90 Å². The molecule has 0 heterocycles. The van der Waals surface area contributed by atoms with E-state index in [1.807, 2.05) is 25.8 Å². The van der Waals surface area contributed by atoms with Gasteiger partial charge in [0.05, 0.1) is 0 Å². The smallest absolute Gasteiger partial charge is 0.323 e. The van der Waals surface area contributed by atoms with Crippen LogP contribution in [-0.2, 0) is 4.79 Å². The van der Waals surface area contributed by atoms with Crippen LogP contribution in [0.5, 0.6) is 0 Å². The Morgan fingerprint density at radius 2 is 2.14 bits per heavy atom. The number of hydrogen-bond donors (Lipinski definition) is 1. The van der Waals surface area contributed by atoms with Crippen molar-refractivity contribution in [3.63, 3.8) is 0 Å². The van der Waals surface area contributed by atoms with E-state index in [0.717, 1.165) is 25.3 Å².